The Morgan fingerprint density at radius 3 is 0.662 bits per heavy atom. The van der Waals surface area contributed by atoms with Crippen LogP contribution in [0.1, 0.15) is 324 Å². The zero-order valence-corrected chi connectivity index (χ0v) is 44.8. The topological polar surface area (TPSA) is 78.9 Å². The van der Waals surface area contributed by atoms with Gasteiger partial charge >= 0.3 is 17.9 Å². The Bertz CT molecular complexity index is 1010. The smallest absolute Gasteiger partial charge is 0.306 e. The zero-order valence-electron chi connectivity index (χ0n) is 44.8. The number of rotatable bonds is 52. The van der Waals surface area contributed by atoms with Gasteiger partial charge in [0.1, 0.15) is 13.2 Å². The van der Waals surface area contributed by atoms with Crippen LogP contribution in [0.3, 0.4) is 0 Å². The van der Waals surface area contributed by atoms with Crippen LogP contribution >= 0.6 is 0 Å². The summed E-state index contributed by atoms with van der Waals surface area (Å²) in [6, 6.07) is 0. The summed E-state index contributed by atoms with van der Waals surface area (Å²) in [5, 5.41) is 0. The van der Waals surface area contributed by atoms with Crippen molar-refractivity contribution in [1.82, 2.24) is 0 Å². The molecule has 1 atom stereocenters. The number of esters is 3. The number of hydrogen-bond acceptors (Lipinski definition) is 6. The number of carbonyl (C=O) groups is 3. The van der Waals surface area contributed by atoms with Gasteiger partial charge in [-0.1, -0.05) is 286 Å². The Morgan fingerprint density at radius 2 is 0.446 bits per heavy atom. The fraction of sp³-hybridized carbons (Fsp3) is 0.949. The standard InChI is InChI=1S/C59H114O6/c1-53(2)45-39-33-27-21-16-12-8-7-9-14-18-24-30-36-42-48-57(60)63-51-56(65-59(62)50-44-38-32-26-20-23-29-35-41-47-55(5)6)52-64-58(61)49-43-37-31-25-19-15-11-10-13-17-22-28-34-40-46-54(3)4/h53-56H,7-52H2,1-6H3/t56-/m0/s1. The SMILES string of the molecule is CC(C)CCCCCCCCCCCCCCCCCC(=O)OC[C@@H](COC(=O)CCCCCCCCCCCCCCCCC(C)C)OC(=O)CCCCCCCCCCCC(C)C. The van der Waals surface area contributed by atoms with Gasteiger partial charge in [0.2, 0.25) is 0 Å². The van der Waals surface area contributed by atoms with Crippen molar-refractivity contribution in [2.45, 2.75) is 330 Å². The molecule has 0 heterocycles. The molecule has 6 nitrogen and oxygen atoms in total. The predicted octanol–water partition coefficient (Wildman–Crippen LogP) is 19.1. The van der Waals surface area contributed by atoms with Crippen molar-refractivity contribution in [3.8, 4) is 0 Å². The molecule has 0 aliphatic carbocycles. The first-order chi connectivity index (χ1) is 31.6. The highest BCUT2D eigenvalue weighted by atomic mass is 16.6. The van der Waals surface area contributed by atoms with E-state index in [1.807, 2.05) is 0 Å². The molecular formula is C59H114O6. The molecular weight excluding hydrogens is 805 g/mol. The molecule has 0 radical (unpaired) electrons. The van der Waals surface area contributed by atoms with Crippen LogP contribution in [-0.2, 0) is 28.6 Å². The lowest BCUT2D eigenvalue weighted by molar-refractivity contribution is -0.167. The summed E-state index contributed by atoms with van der Waals surface area (Å²) < 4.78 is 16.9. The molecule has 386 valence electrons. The summed E-state index contributed by atoms with van der Waals surface area (Å²) in [7, 11) is 0. The van der Waals surface area contributed by atoms with Gasteiger partial charge in [-0.05, 0) is 37.0 Å². The Hall–Kier alpha value is -1.59. The Kier molecular flexibility index (Phi) is 49.1. The average Bonchev–Trinajstić information content (AvgIpc) is 3.26. The number of unbranched alkanes of at least 4 members (excludes halogenated alkanes) is 35. The van der Waals surface area contributed by atoms with Crippen LogP contribution in [0.5, 0.6) is 0 Å². The quantitative estimate of drug-likeness (QED) is 0.0344. The molecule has 0 spiro atoms. The fourth-order valence-electron chi connectivity index (χ4n) is 9.00. The van der Waals surface area contributed by atoms with Crippen molar-refractivity contribution in [3.63, 3.8) is 0 Å². The van der Waals surface area contributed by atoms with Crippen LogP contribution in [0.15, 0.2) is 0 Å². The molecule has 0 aromatic heterocycles. The molecule has 0 amide bonds. The Balaban J connectivity index is 4.26. The monoisotopic (exact) mass is 919 g/mol. The van der Waals surface area contributed by atoms with Gasteiger partial charge in [-0.3, -0.25) is 14.4 Å². The molecule has 0 aromatic rings. The van der Waals surface area contributed by atoms with Gasteiger partial charge in [0.05, 0.1) is 0 Å². The number of ether oxygens (including phenoxy) is 3. The first-order valence-corrected chi connectivity index (χ1v) is 29.1. The third-order valence-electron chi connectivity index (χ3n) is 13.4. The summed E-state index contributed by atoms with van der Waals surface area (Å²) in [5.74, 6) is 1.66. The highest BCUT2D eigenvalue weighted by Gasteiger charge is 2.19. The molecule has 0 unspecified atom stereocenters. The van der Waals surface area contributed by atoms with Gasteiger partial charge < -0.3 is 14.2 Å². The van der Waals surface area contributed by atoms with Crippen molar-refractivity contribution in [1.29, 1.82) is 0 Å². The van der Waals surface area contributed by atoms with E-state index in [9.17, 15) is 14.4 Å². The van der Waals surface area contributed by atoms with Crippen LogP contribution in [0, 0.1) is 17.8 Å². The van der Waals surface area contributed by atoms with Gasteiger partial charge in [0.25, 0.3) is 0 Å². The second-order valence-electron chi connectivity index (χ2n) is 21.7. The lowest BCUT2D eigenvalue weighted by Crippen LogP contribution is -2.30. The molecule has 0 N–H and O–H groups in total. The van der Waals surface area contributed by atoms with E-state index in [2.05, 4.69) is 41.5 Å². The maximum atomic E-state index is 12.8. The van der Waals surface area contributed by atoms with Crippen molar-refractivity contribution in [2.75, 3.05) is 13.2 Å². The number of hydrogen-bond donors (Lipinski definition) is 0. The van der Waals surface area contributed by atoms with E-state index in [0.29, 0.717) is 19.3 Å². The first-order valence-electron chi connectivity index (χ1n) is 29.1. The molecule has 0 aliphatic rings. The molecule has 0 rings (SSSR count). The van der Waals surface area contributed by atoms with Crippen LogP contribution in [0.25, 0.3) is 0 Å². The van der Waals surface area contributed by atoms with E-state index in [1.165, 1.54) is 205 Å². The highest BCUT2D eigenvalue weighted by Crippen LogP contribution is 2.18. The molecule has 0 aromatic carbocycles. The molecule has 65 heavy (non-hydrogen) atoms. The van der Waals surface area contributed by atoms with Gasteiger partial charge in [0, 0.05) is 19.3 Å². The van der Waals surface area contributed by atoms with E-state index >= 15 is 0 Å². The molecule has 6 heteroatoms. The minimum absolute atomic E-state index is 0.0637. The summed E-state index contributed by atoms with van der Waals surface area (Å²) >= 11 is 0. The molecule has 0 saturated carbocycles. The molecule has 0 bridgehead atoms. The van der Waals surface area contributed by atoms with E-state index < -0.39 is 6.10 Å². The summed E-state index contributed by atoms with van der Waals surface area (Å²) in [5.41, 5.74) is 0. The van der Waals surface area contributed by atoms with Crippen LogP contribution in [0.2, 0.25) is 0 Å². The summed E-state index contributed by atoms with van der Waals surface area (Å²) in [4.78, 5) is 38.1. The second kappa shape index (κ2) is 50.3. The Morgan fingerprint density at radius 1 is 0.262 bits per heavy atom. The van der Waals surface area contributed by atoms with Gasteiger partial charge in [-0.2, -0.15) is 0 Å². The van der Waals surface area contributed by atoms with Crippen molar-refractivity contribution in [3.05, 3.63) is 0 Å². The highest BCUT2D eigenvalue weighted by molar-refractivity contribution is 5.71. The molecule has 0 aliphatic heterocycles. The van der Waals surface area contributed by atoms with Gasteiger partial charge in [0.15, 0.2) is 6.10 Å². The summed E-state index contributed by atoms with van der Waals surface area (Å²) in [6.45, 7) is 13.8. The zero-order chi connectivity index (χ0) is 47.7. The van der Waals surface area contributed by atoms with Crippen LogP contribution in [0.4, 0.5) is 0 Å². The molecule has 0 fully saturated rings. The van der Waals surface area contributed by atoms with Crippen molar-refractivity contribution < 1.29 is 28.6 Å². The van der Waals surface area contributed by atoms with Crippen LogP contribution < -0.4 is 0 Å². The van der Waals surface area contributed by atoms with E-state index in [-0.39, 0.29) is 31.1 Å². The minimum atomic E-state index is -0.764. The largest absolute Gasteiger partial charge is 0.462 e. The maximum Gasteiger partial charge on any atom is 0.306 e. The van der Waals surface area contributed by atoms with Gasteiger partial charge in [-0.15, -0.1) is 0 Å². The lowest BCUT2D eigenvalue weighted by Gasteiger charge is -2.18. The van der Waals surface area contributed by atoms with E-state index in [0.717, 1.165) is 75.5 Å². The van der Waals surface area contributed by atoms with E-state index in [1.54, 1.807) is 0 Å². The van der Waals surface area contributed by atoms with Crippen molar-refractivity contribution >= 4 is 17.9 Å². The predicted molar refractivity (Wildman–Crippen MR) is 279 cm³/mol. The third-order valence-corrected chi connectivity index (χ3v) is 13.4. The van der Waals surface area contributed by atoms with Crippen LogP contribution in [-0.4, -0.2) is 37.2 Å². The fourth-order valence-corrected chi connectivity index (χ4v) is 9.00. The summed E-state index contributed by atoms with van der Waals surface area (Å²) in [6.07, 6.45) is 52.4. The van der Waals surface area contributed by atoms with Gasteiger partial charge in [-0.25, -0.2) is 0 Å². The Labute approximate surface area is 406 Å². The van der Waals surface area contributed by atoms with Crippen molar-refractivity contribution in [2.24, 2.45) is 17.8 Å². The lowest BCUT2D eigenvalue weighted by atomic mass is 10.0. The third kappa shape index (κ3) is 53.2. The van der Waals surface area contributed by atoms with E-state index in [4.69, 9.17) is 14.2 Å². The normalized spacial score (nSPS) is 12.1. The average molecular weight is 920 g/mol. The second-order valence-corrected chi connectivity index (χ2v) is 21.7. The number of carbonyl (C=O) groups excluding carboxylic acids is 3. The maximum absolute atomic E-state index is 12.8. The minimum Gasteiger partial charge on any atom is -0.462 e. The first kappa shape index (κ1) is 63.4. The molecule has 0 saturated heterocycles.